The Hall–Kier alpha value is -1.56. The zero-order valence-electron chi connectivity index (χ0n) is 11.3. The van der Waals surface area contributed by atoms with E-state index in [-0.39, 0.29) is 17.5 Å². The molecule has 1 atom stereocenters. The van der Waals surface area contributed by atoms with E-state index >= 15 is 0 Å². The third-order valence-corrected chi connectivity index (χ3v) is 3.63. The Kier molecular flexibility index (Phi) is 7.08. The van der Waals surface area contributed by atoms with Gasteiger partial charge in [-0.05, 0) is 24.1 Å². The van der Waals surface area contributed by atoms with E-state index in [9.17, 15) is 14.0 Å². The molecular weight excluding hydrogens is 281 g/mol. The van der Waals surface area contributed by atoms with E-state index in [2.05, 4.69) is 5.32 Å². The Labute approximate surface area is 121 Å². The van der Waals surface area contributed by atoms with Crippen molar-refractivity contribution in [1.29, 1.82) is 0 Å². The van der Waals surface area contributed by atoms with Crippen LogP contribution < -0.4 is 5.32 Å². The zero-order valence-corrected chi connectivity index (χ0v) is 12.1. The van der Waals surface area contributed by atoms with Gasteiger partial charge in [-0.25, -0.2) is 9.18 Å². The number of nitrogens with one attached hydrogen (secondary N) is 1. The van der Waals surface area contributed by atoms with Crippen LogP contribution in [0.4, 0.5) is 4.39 Å². The summed E-state index contributed by atoms with van der Waals surface area (Å²) in [5.41, 5.74) is 0.924. The third kappa shape index (κ3) is 6.06. The highest BCUT2D eigenvalue weighted by molar-refractivity contribution is 7.99. The fourth-order valence-electron chi connectivity index (χ4n) is 1.62. The summed E-state index contributed by atoms with van der Waals surface area (Å²) in [4.78, 5) is 22.5. The summed E-state index contributed by atoms with van der Waals surface area (Å²) in [5.74, 6) is -0.827. The van der Waals surface area contributed by atoms with E-state index in [1.807, 2.05) is 6.92 Å². The second-order valence-electron chi connectivity index (χ2n) is 4.37. The van der Waals surface area contributed by atoms with Crippen LogP contribution in [0.3, 0.4) is 0 Å². The lowest BCUT2D eigenvalue weighted by atomic mass is 10.2. The maximum absolute atomic E-state index is 12.7. The molecule has 1 rings (SSSR count). The summed E-state index contributed by atoms with van der Waals surface area (Å²) < 4.78 is 12.7. The number of carboxylic acid groups (broad SMARTS) is 1. The molecule has 0 saturated heterocycles. The summed E-state index contributed by atoms with van der Waals surface area (Å²) in [6, 6.07) is 5.25. The summed E-state index contributed by atoms with van der Waals surface area (Å²) in [7, 11) is 0. The molecule has 1 amide bonds. The maximum Gasteiger partial charge on any atom is 0.326 e. The van der Waals surface area contributed by atoms with Crippen LogP contribution in [0.5, 0.6) is 0 Å². The summed E-state index contributed by atoms with van der Waals surface area (Å²) >= 11 is 1.36. The van der Waals surface area contributed by atoms with Crippen molar-refractivity contribution >= 4 is 23.6 Å². The SMILES string of the molecule is CCC[C@H](NC(=O)CSCc1ccc(F)cc1)C(=O)O. The predicted octanol–water partition coefficient (Wildman–Crippen LogP) is 2.43. The number of thioether (sulfide) groups is 1. The summed E-state index contributed by atoms with van der Waals surface area (Å²) in [6.45, 7) is 1.87. The van der Waals surface area contributed by atoms with E-state index in [0.717, 1.165) is 5.56 Å². The molecule has 0 radical (unpaired) electrons. The number of carbonyl (C=O) groups is 2. The topological polar surface area (TPSA) is 66.4 Å². The number of carboxylic acids is 1. The fourth-order valence-corrected chi connectivity index (χ4v) is 2.42. The average molecular weight is 299 g/mol. The van der Waals surface area contributed by atoms with Crippen molar-refractivity contribution in [2.24, 2.45) is 0 Å². The lowest BCUT2D eigenvalue weighted by Crippen LogP contribution is -2.41. The van der Waals surface area contributed by atoms with Crippen molar-refractivity contribution in [3.63, 3.8) is 0 Å². The molecule has 0 saturated carbocycles. The van der Waals surface area contributed by atoms with E-state index in [0.29, 0.717) is 18.6 Å². The monoisotopic (exact) mass is 299 g/mol. The van der Waals surface area contributed by atoms with Crippen LogP contribution in [0, 0.1) is 5.82 Å². The van der Waals surface area contributed by atoms with Crippen molar-refractivity contribution in [3.05, 3.63) is 35.6 Å². The summed E-state index contributed by atoms with van der Waals surface area (Å²) in [6.07, 6.45) is 1.11. The van der Waals surface area contributed by atoms with Crippen LogP contribution in [-0.4, -0.2) is 28.8 Å². The lowest BCUT2D eigenvalue weighted by Gasteiger charge is -2.13. The Morgan fingerprint density at radius 3 is 2.55 bits per heavy atom. The van der Waals surface area contributed by atoms with Crippen LogP contribution in [0.1, 0.15) is 25.3 Å². The van der Waals surface area contributed by atoms with Gasteiger partial charge in [0.05, 0.1) is 5.75 Å². The van der Waals surface area contributed by atoms with E-state index in [1.54, 1.807) is 12.1 Å². The predicted molar refractivity (Wildman–Crippen MR) is 77.0 cm³/mol. The van der Waals surface area contributed by atoms with Crippen LogP contribution in [0.2, 0.25) is 0 Å². The van der Waals surface area contributed by atoms with Crippen LogP contribution in [0.15, 0.2) is 24.3 Å². The van der Waals surface area contributed by atoms with Gasteiger partial charge in [0.2, 0.25) is 5.91 Å². The van der Waals surface area contributed by atoms with Crippen LogP contribution >= 0.6 is 11.8 Å². The molecule has 110 valence electrons. The normalized spacial score (nSPS) is 11.9. The second-order valence-corrected chi connectivity index (χ2v) is 5.35. The van der Waals surface area contributed by atoms with Gasteiger partial charge in [0.25, 0.3) is 0 Å². The highest BCUT2D eigenvalue weighted by Crippen LogP contribution is 2.12. The van der Waals surface area contributed by atoms with Gasteiger partial charge in [-0.2, -0.15) is 0 Å². The minimum Gasteiger partial charge on any atom is -0.480 e. The molecule has 0 unspecified atom stereocenters. The average Bonchev–Trinajstić information content (AvgIpc) is 2.40. The number of amides is 1. The van der Waals surface area contributed by atoms with Gasteiger partial charge in [0.15, 0.2) is 0 Å². The van der Waals surface area contributed by atoms with E-state index in [4.69, 9.17) is 5.11 Å². The van der Waals surface area contributed by atoms with E-state index in [1.165, 1.54) is 23.9 Å². The quantitative estimate of drug-likeness (QED) is 0.773. The smallest absolute Gasteiger partial charge is 0.326 e. The number of hydrogen-bond donors (Lipinski definition) is 2. The minimum absolute atomic E-state index is 0.185. The van der Waals surface area contributed by atoms with Gasteiger partial charge in [0, 0.05) is 5.75 Å². The van der Waals surface area contributed by atoms with Gasteiger partial charge in [0.1, 0.15) is 11.9 Å². The van der Waals surface area contributed by atoms with Gasteiger partial charge in [-0.1, -0.05) is 25.5 Å². The molecule has 2 N–H and O–H groups in total. The standard InChI is InChI=1S/C14H18FNO3S/c1-2-3-12(14(18)19)16-13(17)9-20-8-10-4-6-11(15)7-5-10/h4-7,12H,2-3,8-9H2,1H3,(H,16,17)(H,18,19)/t12-/m0/s1. The number of hydrogen-bond acceptors (Lipinski definition) is 3. The zero-order chi connectivity index (χ0) is 15.0. The minimum atomic E-state index is -1.01. The van der Waals surface area contributed by atoms with Crippen molar-refractivity contribution in [3.8, 4) is 0 Å². The number of benzene rings is 1. The molecule has 6 heteroatoms. The highest BCUT2D eigenvalue weighted by atomic mass is 32.2. The number of aliphatic carboxylic acids is 1. The van der Waals surface area contributed by atoms with Crippen molar-refractivity contribution < 1.29 is 19.1 Å². The lowest BCUT2D eigenvalue weighted by molar-refractivity contribution is -0.141. The van der Waals surface area contributed by atoms with Gasteiger partial charge >= 0.3 is 5.97 Å². The first-order valence-corrected chi connectivity index (χ1v) is 7.52. The molecule has 0 aliphatic carbocycles. The van der Waals surface area contributed by atoms with Gasteiger partial charge in [-0.3, -0.25) is 4.79 Å². The Morgan fingerprint density at radius 1 is 1.35 bits per heavy atom. The van der Waals surface area contributed by atoms with Crippen LogP contribution in [0.25, 0.3) is 0 Å². The molecule has 1 aromatic rings. The fraction of sp³-hybridized carbons (Fsp3) is 0.429. The first-order valence-electron chi connectivity index (χ1n) is 6.37. The molecule has 0 aliphatic rings. The van der Waals surface area contributed by atoms with Crippen molar-refractivity contribution in [2.75, 3.05) is 5.75 Å². The molecule has 20 heavy (non-hydrogen) atoms. The molecular formula is C14H18FNO3S. The first-order chi connectivity index (χ1) is 9.52. The maximum atomic E-state index is 12.7. The third-order valence-electron chi connectivity index (χ3n) is 2.63. The molecule has 4 nitrogen and oxygen atoms in total. The number of rotatable bonds is 8. The van der Waals surface area contributed by atoms with Crippen molar-refractivity contribution in [2.45, 2.75) is 31.6 Å². The largest absolute Gasteiger partial charge is 0.480 e. The molecule has 0 spiro atoms. The highest BCUT2D eigenvalue weighted by Gasteiger charge is 2.18. The molecule has 0 aliphatic heterocycles. The Bertz CT molecular complexity index is 450. The molecule has 1 aromatic carbocycles. The van der Waals surface area contributed by atoms with Crippen molar-refractivity contribution in [1.82, 2.24) is 5.32 Å². The number of halogens is 1. The molecule has 0 aromatic heterocycles. The summed E-state index contributed by atoms with van der Waals surface area (Å²) in [5, 5.41) is 11.4. The molecule has 0 heterocycles. The Morgan fingerprint density at radius 2 is 2.00 bits per heavy atom. The Balaban J connectivity index is 2.32. The first kappa shape index (κ1) is 16.5. The number of carbonyl (C=O) groups excluding carboxylic acids is 1. The van der Waals surface area contributed by atoms with Gasteiger partial charge in [-0.15, -0.1) is 11.8 Å². The van der Waals surface area contributed by atoms with Crippen LogP contribution in [-0.2, 0) is 15.3 Å². The molecule has 0 bridgehead atoms. The molecule has 0 fully saturated rings. The van der Waals surface area contributed by atoms with Gasteiger partial charge < -0.3 is 10.4 Å². The second kappa shape index (κ2) is 8.58. The van der Waals surface area contributed by atoms with E-state index < -0.39 is 12.0 Å².